The molecule has 2 aromatic rings. The van der Waals surface area contributed by atoms with Crippen LogP contribution in [-0.4, -0.2) is 69.4 Å². The molecular formula is C24H33ClN6O3S2. The van der Waals surface area contributed by atoms with Gasteiger partial charge in [0, 0.05) is 52.0 Å². The Bertz CT molecular complexity index is 1270. The van der Waals surface area contributed by atoms with Crippen LogP contribution in [0.5, 0.6) is 0 Å². The molecule has 2 aliphatic heterocycles. The highest BCUT2D eigenvalue weighted by atomic mass is 35.5. The van der Waals surface area contributed by atoms with Crippen molar-refractivity contribution in [2.24, 2.45) is 10.7 Å². The quantitative estimate of drug-likeness (QED) is 0.333. The number of thiocarbonyl (C=S) groups is 1. The van der Waals surface area contributed by atoms with E-state index in [1.807, 2.05) is 30.0 Å². The summed E-state index contributed by atoms with van der Waals surface area (Å²) in [5.41, 5.74) is 8.31. The number of aliphatic imine (C=N–C) groups is 1. The number of carbonyl (C=O) groups excluding carboxylic acids is 1. The number of nitrogens with zero attached hydrogens (tertiary/aromatic N) is 4. The number of fused-ring (bicyclic) bond motifs is 1. The molecule has 0 aromatic heterocycles. The average molecular weight is 553 g/mol. The zero-order valence-electron chi connectivity index (χ0n) is 19.9. The van der Waals surface area contributed by atoms with E-state index in [0.717, 1.165) is 42.1 Å². The van der Waals surface area contributed by atoms with Crippen LogP contribution in [0.3, 0.4) is 0 Å². The molecule has 2 heterocycles. The number of nitrogens with one attached hydrogen (secondary N) is 1. The van der Waals surface area contributed by atoms with Crippen LogP contribution in [0.4, 0.5) is 11.4 Å². The summed E-state index contributed by atoms with van der Waals surface area (Å²) < 4.78 is 27.1. The van der Waals surface area contributed by atoms with E-state index < -0.39 is 10.0 Å². The first-order chi connectivity index (χ1) is 17.2. The summed E-state index contributed by atoms with van der Waals surface area (Å²) in [5.74, 6) is 0.112. The number of rotatable bonds is 5. The van der Waals surface area contributed by atoms with Gasteiger partial charge in [0.1, 0.15) is 6.04 Å². The highest BCUT2D eigenvalue weighted by molar-refractivity contribution is 7.91. The molecule has 0 bridgehead atoms. The minimum absolute atomic E-state index is 0. The summed E-state index contributed by atoms with van der Waals surface area (Å²) in [4.78, 5) is 23.2. The van der Waals surface area contributed by atoms with Gasteiger partial charge in [-0.25, -0.2) is 13.4 Å². The fraction of sp³-hybridized carbons (Fsp3) is 0.375. The van der Waals surface area contributed by atoms with Gasteiger partial charge in [-0.1, -0.05) is 11.6 Å². The summed E-state index contributed by atoms with van der Waals surface area (Å²) in [6.07, 6.45) is 2.89. The van der Waals surface area contributed by atoms with Crippen LogP contribution >= 0.6 is 23.8 Å². The van der Waals surface area contributed by atoms with E-state index in [4.69, 9.17) is 29.6 Å². The van der Waals surface area contributed by atoms with Crippen LogP contribution < -0.4 is 20.3 Å². The number of carbonyl (C=O) groups is 1. The predicted octanol–water partition coefficient (Wildman–Crippen LogP) is 2.87. The Labute approximate surface area is 224 Å². The second kappa shape index (κ2) is 11.0. The number of hydrogen-bond acceptors (Lipinski definition) is 6. The molecule has 9 nitrogen and oxygen atoms in total. The van der Waals surface area contributed by atoms with Crippen molar-refractivity contribution in [2.45, 2.75) is 30.7 Å². The van der Waals surface area contributed by atoms with E-state index in [1.165, 1.54) is 17.7 Å². The summed E-state index contributed by atoms with van der Waals surface area (Å²) in [5, 5.41) is 0.491. The number of amides is 1. The monoisotopic (exact) mass is 552 g/mol. The molecule has 0 saturated carbocycles. The van der Waals surface area contributed by atoms with Crippen LogP contribution in [0.1, 0.15) is 21.8 Å². The number of hydrogen-bond donors (Lipinski definition) is 2. The van der Waals surface area contributed by atoms with Gasteiger partial charge in [0.25, 0.3) is 10.0 Å². The van der Waals surface area contributed by atoms with Crippen molar-refractivity contribution in [1.29, 1.82) is 0 Å². The molecule has 0 aliphatic carbocycles. The second-order valence-electron chi connectivity index (χ2n) is 8.74. The maximum Gasteiger partial charge on any atom is 0.263 e. The molecule has 2 aliphatic rings. The summed E-state index contributed by atoms with van der Waals surface area (Å²) in [6.45, 7) is 5.31. The van der Waals surface area contributed by atoms with Crippen LogP contribution in [0.2, 0.25) is 5.02 Å². The van der Waals surface area contributed by atoms with Crippen molar-refractivity contribution in [2.75, 3.05) is 42.5 Å². The highest BCUT2D eigenvalue weighted by Crippen LogP contribution is 2.31. The van der Waals surface area contributed by atoms with Crippen LogP contribution in [0, 0.1) is 0 Å². The number of sulfonamides is 1. The zero-order chi connectivity index (χ0) is 25.9. The molecule has 3 N–H and O–H groups in total. The molecule has 12 heteroatoms. The zero-order valence-corrected chi connectivity index (χ0v) is 22.3. The number of halogens is 1. The normalized spacial score (nSPS) is 17.1. The maximum atomic E-state index is 13.3. The van der Waals surface area contributed by atoms with Gasteiger partial charge in [0.15, 0.2) is 0 Å². The van der Waals surface area contributed by atoms with Crippen molar-refractivity contribution in [3.05, 3.63) is 53.1 Å². The Morgan fingerprint density at radius 1 is 1.17 bits per heavy atom. The minimum Gasteiger partial charge on any atom is -0.390 e. The van der Waals surface area contributed by atoms with Gasteiger partial charge in [-0.3, -0.25) is 9.52 Å². The van der Waals surface area contributed by atoms with Crippen molar-refractivity contribution in [3.8, 4) is 0 Å². The van der Waals surface area contributed by atoms with Crippen LogP contribution in [0.25, 0.3) is 0 Å². The first-order valence-corrected chi connectivity index (χ1v) is 14.0. The van der Waals surface area contributed by atoms with E-state index in [9.17, 15) is 13.2 Å². The first kappa shape index (κ1) is 26.2. The molecule has 36 heavy (non-hydrogen) atoms. The third-order valence-corrected chi connectivity index (χ3v) is 8.46. The van der Waals surface area contributed by atoms with Gasteiger partial charge in [0.05, 0.1) is 11.2 Å². The van der Waals surface area contributed by atoms with E-state index in [-0.39, 0.29) is 24.8 Å². The van der Waals surface area contributed by atoms with Gasteiger partial charge in [-0.2, -0.15) is 0 Å². The molecule has 196 valence electrons. The molecule has 1 amide bonds. The average Bonchev–Trinajstić information content (AvgIpc) is 2.87. The third-order valence-electron chi connectivity index (χ3n) is 6.54. The first-order valence-electron chi connectivity index (χ1n) is 11.7. The summed E-state index contributed by atoms with van der Waals surface area (Å²) in [7, 11) is -3.84. The van der Waals surface area contributed by atoms with Gasteiger partial charge in [-0.15, -0.1) is 0 Å². The molecular weight excluding hydrogens is 520 g/mol. The molecule has 1 fully saturated rings. The fourth-order valence-electron chi connectivity index (χ4n) is 4.68. The maximum absolute atomic E-state index is 13.3. The second-order valence-corrected chi connectivity index (χ2v) is 11.2. The van der Waals surface area contributed by atoms with E-state index in [0.29, 0.717) is 26.2 Å². The lowest BCUT2D eigenvalue weighted by atomic mass is 10.00. The van der Waals surface area contributed by atoms with Gasteiger partial charge >= 0.3 is 0 Å². The summed E-state index contributed by atoms with van der Waals surface area (Å²) >= 11 is 11.0. The Balaban J connectivity index is 0.00000253. The standard InChI is InChI=1S/C24H29ClN6O3S2.2H2/c1-17(31-10-2-3-18-15-19(25)4-9-22(18)31)23(32)30-13-11-29(12-14-30)20-5-7-21(8-6-20)36(33,34)28-24(35)27-16-26;;/h4-9,15-17H,2-3,10-14H2,1H3,(H3,26,27,28,35);2*1H/t17-;;/m1../s1. The molecule has 1 saturated heterocycles. The lowest BCUT2D eigenvalue weighted by Gasteiger charge is -2.41. The number of piperazine rings is 1. The predicted molar refractivity (Wildman–Crippen MR) is 152 cm³/mol. The SMILES string of the molecule is C[C@H](C(=O)N1CCN(c2ccc(S(=O)(=O)NC(=S)N=CN)cc2)CC1)N1CCCc2cc(Cl)ccc21.[HH].[HH]. The highest BCUT2D eigenvalue weighted by Gasteiger charge is 2.31. The molecule has 4 rings (SSSR count). The largest absolute Gasteiger partial charge is 0.390 e. The van der Waals surface area contributed by atoms with Crippen LogP contribution in [0.15, 0.2) is 52.4 Å². The molecule has 0 spiro atoms. The van der Waals surface area contributed by atoms with Crippen molar-refractivity contribution in [1.82, 2.24) is 9.62 Å². The topological polar surface area (TPSA) is 111 Å². The van der Waals surface area contributed by atoms with Gasteiger partial charge < -0.3 is 20.4 Å². The lowest BCUT2D eigenvalue weighted by Crippen LogP contribution is -2.55. The molecule has 2 aromatic carbocycles. The Kier molecular flexibility index (Phi) is 8.01. The minimum atomic E-state index is -3.84. The van der Waals surface area contributed by atoms with E-state index in [2.05, 4.69) is 19.5 Å². The van der Waals surface area contributed by atoms with Crippen LogP contribution in [-0.2, 0) is 21.2 Å². The molecule has 0 radical (unpaired) electrons. The fourth-order valence-corrected chi connectivity index (χ4v) is 6.16. The molecule has 1 atom stereocenters. The third kappa shape index (κ3) is 5.74. The van der Waals surface area contributed by atoms with E-state index >= 15 is 0 Å². The lowest BCUT2D eigenvalue weighted by molar-refractivity contribution is -0.132. The Morgan fingerprint density at radius 2 is 1.86 bits per heavy atom. The Morgan fingerprint density at radius 3 is 2.53 bits per heavy atom. The number of nitrogens with two attached hydrogens (primary N) is 1. The van der Waals surface area contributed by atoms with Crippen molar-refractivity contribution < 1.29 is 16.1 Å². The van der Waals surface area contributed by atoms with Crippen molar-refractivity contribution in [3.63, 3.8) is 0 Å². The van der Waals surface area contributed by atoms with Gasteiger partial charge in [0.2, 0.25) is 11.0 Å². The number of aryl methyl sites for hydroxylation is 1. The van der Waals surface area contributed by atoms with E-state index in [1.54, 1.807) is 12.1 Å². The molecule has 0 unspecified atom stereocenters. The van der Waals surface area contributed by atoms with Gasteiger partial charge in [-0.05, 0) is 80.0 Å². The van der Waals surface area contributed by atoms with Crippen molar-refractivity contribution >= 4 is 62.6 Å². The smallest absolute Gasteiger partial charge is 0.263 e. The number of benzene rings is 2. The number of anilines is 2. The Hall–Kier alpha value is -2.89. The summed E-state index contributed by atoms with van der Waals surface area (Å²) in [6, 6.07) is 12.2.